The zero-order chi connectivity index (χ0) is 26.3. The number of carbonyl (C=O) groups is 2. The van der Waals surface area contributed by atoms with E-state index in [0.29, 0.717) is 64.1 Å². The topological polar surface area (TPSA) is 117 Å². The van der Waals surface area contributed by atoms with Crippen molar-refractivity contribution < 1.29 is 27.5 Å². The fourth-order valence-electron chi connectivity index (χ4n) is 5.09. The molecule has 2 aliphatic rings. The van der Waals surface area contributed by atoms with Gasteiger partial charge in [0.1, 0.15) is 5.69 Å². The number of hydrogen-bond acceptors (Lipinski definition) is 7. The molecular weight excluding hydrogens is 494 g/mol. The lowest BCUT2D eigenvalue weighted by atomic mass is 10.0. The van der Waals surface area contributed by atoms with Gasteiger partial charge >= 0.3 is 5.97 Å². The number of benzene rings is 1. The average molecular weight is 532 g/mol. The van der Waals surface area contributed by atoms with E-state index in [0.717, 1.165) is 36.9 Å². The van der Waals surface area contributed by atoms with Crippen LogP contribution in [0.5, 0.6) is 0 Å². The molecule has 2 heterocycles. The fourth-order valence-corrected chi connectivity index (χ4v) is 6.99. The number of hydrogen-bond donors (Lipinski definition) is 1. The summed E-state index contributed by atoms with van der Waals surface area (Å²) in [6.45, 7) is 4.54. The summed E-state index contributed by atoms with van der Waals surface area (Å²) >= 11 is 0. The van der Waals surface area contributed by atoms with E-state index in [1.807, 2.05) is 6.92 Å². The van der Waals surface area contributed by atoms with E-state index in [4.69, 9.17) is 9.47 Å². The number of amides is 1. The Kier molecular flexibility index (Phi) is 9.37. The smallest absolute Gasteiger partial charge is 0.338 e. The Labute approximate surface area is 218 Å². The fraction of sp³-hybridized carbons (Fsp3) is 0.593. The van der Waals surface area contributed by atoms with Gasteiger partial charge in [-0.15, -0.1) is 0 Å². The van der Waals surface area contributed by atoms with Gasteiger partial charge in [-0.2, -0.15) is 5.10 Å². The zero-order valence-corrected chi connectivity index (χ0v) is 22.4. The van der Waals surface area contributed by atoms with Crippen LogP contribution in [0.25, 0.3) is 0 Å². The number of ether oxygens (including phenoxy) is 2. The Hall–Kier alpha value is -2.72. The van der Waals surface area contributed by atoms with Crippen molar-refractivity contribution in [1.82, 2.24) is 15.1 Å². The molecule has 1 saturated carbocycles. The molecule has 202 valence electrons. The summed E-state index contributed by atoms with van der Waals surface area (Å²) in [6, 6.07) is 6.15. The van der Waals surface area contributed by atoms with Gasteiger partial charge in [0, 0.05) is 31.9 Å². The van der Waals surface area contributed by atoms with Gasteiger partial charge in [0.25, 0.3) is 5.91 Å². The summed E-state index contributed by atoms with van der Waals surface area (Å²) in [5.74, 6) is -0.658. The number of nitrogens with one attached hydrogen (secondary N) is 1. The minimum atomic E-state index is -3.44. The van der Waals surface area contributed by atoms with Crippen molar-refractivity contribution in [3.8, 4) is 0 Å². The van der Waals surface area contributed by atoms with Gasteiger partial charge in [0.15, 0.2) is 9.84 Å². The maximum Gasteiger partial charge on any atom is 0.338 e. The largest absolute Gasteiger partial charge is 0.462 e. The molecule has 1 aromatic carbocycles. The van der Waals surface area contributed by atoms with Crippen molar-refractivity contribution in [3.63, 3.8) is 0 Å². The first-order valence-electron chi connectivity index (χ1n) is 13.4. The van der Waals surface area contributed by atoms with Crippen LogP contribution in [0.15, 0.2) is 29.2 Å². The first kappa shape index (κ1) is 27.3. The van der Waals surface area contributed by atoms with Crippen molar-refractivity contribution in [3.05, 3.63) is 46.8 Å². The van der Waals surface area contributed by atoms with E-state index >= 15 is 0 Å². The van der Waals surface area contributed by atoms with Crippen molar-refractivity contribution in [2.75, 3.05) is 26.4 Å². The molecule has 0 bridgehead atoms. The Balaban J connectivity index is 1.38. The molecule has 2 aromatic rings. The Morgan fingerprint density at radius 2 is 1.97 bits per heavy atom. The van der Waals surface area contributed by atoms with Gasteiger partial charge < -0.3 is 14.8 Å². The lowest BCUT2D eigenvalue weighted by Gasteiger charge is -2.12. The normalized spacial score (nSPS) is 17.6. The van der Waals surface area contributed by atoms with Crippen LogP contribution in [-0.4, -0.2) is 61.7 Å². The number of aryl methyl sites for hydroxylation is 2. The number of carbonyl (C=O) groups excluding carboxylic acids is 2. The number of rotatable bonds is 8. The van der Waals surface area contributed by atoms with Crippen molar-refractivity contribution in [2.24, 2.45) is 0 Å². The molecule has 1 aliphatic carbocycles. The molecule has 1 aliphatic heterocycles. The van der Waals surface area contributed by atoms with E-state index in [1.165, 1.54) is 6.07 Å². The van der Waals surface area contributed by atoms with Crippen LogP contribution in [0.3, 0.4) is 0 Å². The van der Waals surface area contributed by atoms with Gasteiger partial charge in [0.05, 0.1) is 28.0 Å². The molecule has 0 saturated heterocycles. The van der Waals surface area contributed by atoms with E-state index in [9.17, 15) is 18.0 Å². The monoisotopic (exact) mass is 531 g/mol. The third-order valence-corrected chi connectivity index (χ3v) is 9.31. The standard InChI is InChI=1S/C27H37N3O6S/c1-2-30-25-23(13-6-16-35-17-8-15-28-26(25)31)24(29-30)14-7-18-36-27(32)20-9-5-12-22(19-20)37(33,34)21-10-3-4-11-21/h5,9,12,19,21H,2-4,6-8,10-11,13-18H2,1H3,(H,28,31). The van der Waals surface area contributed by atoms with Crippen LogP contribution in [0.1, 0.15) is 84.0 Å². The first-order valence-corrected chi connectivity index (χ1v) is 14.9. The molecule has 1 aromatic heterocycles. The minimum absolute atomic E-state index is 0.114. The van der Waals surface area contributed by atoms with Crippen LogP contribution >= 0.6 is 0 Å². The second-order valence-corrected chi connectivity index (χ2v) is 11.9. The molecule has 0 radical (unpaired) electrons. The summed E-state index contributed by atoms with van der Waals surface area (Å²) in [5.41, 5.74) is 2.61. The van der Waals surface area contributed by atoms with Crippen LogP contribution < -0.4 is 5.32 Å². The predicted octanol–water partition coefficient (Wildman–Crippen LogP) is 3.49. The van der Waals surface area contributed by atoms with E-state index < -0.39 is 15.8 Å². The third kappa shape index (κ3) is 6.59. The zero-order valence-electron chi connectivity index (χ0n) is 21.5. The SMILES string of the molecule is CCn1nc(CCCOC(=O)c2cccc(S(=O)(=O)C3CCCC3)c2)c2c1C(=O)NCCCOCCC2. The highest BCUT2D eigenvalue weighted by Crippen LogP contribution is 2.30. The second kappa shape index (κ2) is 12.7. The highest BCUT2D eigenvalue weighted by atomic mass is 32.2. The molecule has 9 nitrogen and oxygen atoms in total. The average Bonchev–Trinajstić information content (AvgIpc) is 3.56. The summed E-state index contributed by atoms with van der Waals surface area (Å²) in [7, 11) is -3.44. The molecule has 0 spiro atoms. The molecule has 1 N–H and O–H groups in total. The van der Waals surface area contributed by atoms with Crippen LogP contribution in [0.2, 0.25) is 0 Å². The van der Waals surface area contributed by atoms with E-state index in [2.05, 4.69) is 10.4 Å². The van der Waals surface area contributed by atoms with E-state index in [-0.39, 0.29) is 28.2 Å². The Morgan fingerprint density at radius 1 is 1.19 bits per heavy atom. The lowest BCUT2D eigenvalue weighted by molar-refractivity contribution is 0.0499. The van der Waals surface area contributed by atoms with E-state index in [1.54, 1.807) is 22.9 Å². The molecule has 0 unspecified atom stereocenters. The quantitative estimate of drug-likeness (QED) is 0.409. The van der Waals surface area contributed by atoms with Crippen molar-refractivity contribution >= 4 is 21.7 Å². The van der Waals surface area contributed by atoms with Crippen molar-refractivity contribution in [2.45, 2.75) is 81.4 Å². The number of esters is 1. The summed E-state index contributed by atoms with van der Waals surface area (Å²) in [5, 5.41) is 7.29. The van der Waals surface area contributed by atoms with Gasteiger partial charge in [0.2, 0.25) is 0 Å². The molecule has 37 heavy (non-hydrogen) atoms. The molecule has 4 rings (SSSR count). The van der Waals surface area contributed by atoms with Crippen LogP contribution in [0.4, 0.5) is 0 Å². The summed E-state index contributed by atoms with van der Waals surface area (Å²) in [6.07, 6.45) is 6.55. The molecule has 1 amide bonds. The molecule has 1 fully saturated rings. The second-order valence-electron chi connectivity index (χ2n) is 9.63. The molecule has 0 atom stereocenters. The number of sulfone groups is 1. The van der Waals surface area contributed by atoms with Gasteiger partial charge in [-0.3, -0.25) is 9.48 Å². The number of fused-ring (bicyclic) bond motifs is 1. The molecular formula is C27H37N3O6S. The number of nitrogens with zero attached hydrogens (tertiary/aromatic N) is 2. The van der Waals surface area contributed by atoms with Crippen LogP contribution in [-0.2, 0) is 38.7 Å². The van der Waals surface area contributed by atoms with Gasteiger partial charge in [-0.05, 0) is 70.1 Å². The van der Waals surface area contributed by atoms with Crippen LogP contribution in [0, 0.1) is 0 Å². The highest BCUT2D eigenvalue weighted by Gasteiger charge is 2.30. The van der Waals surface area contributed by atoms with Gasteiger partial charge in [-0.1, -0.05) is 18.9 Å². The Bertz CT molecular complexity index is 1200. The minimum Gasteiger partial charge on any atom is -0.462 e. The Morgan fingerprint density at radius 3 is 2.76 bits per heavy atom. The lowest BCUT2D eigenvalue weighted by Crippen LogP contribution is -2.28. The highest BCUT2D eigenvalue weighted by molar-refractivity contribution is 7.92. The number of aromatic nitrogens is 2. The maximum absolute atomic E-state index is 12.9. The summed E-state index contributed by atoms with van der Waals surface area (Å²) < 4.78 is 38.7. The van der Waals surface area contributed by atoms with Crippen molar-refractivity contribution in [1.29, 1.82) is 0 Å². The first-order chi connectivity index (χ1) is 17.9. The predicted molar refractivity (Wildman–Crippen MR) is 138 cm³/mol. The summed E-state index contributed by atoms with van der Waals surface area (Å²) in [4.78, 5) is 25.7. The van der Waals surface area contributed by atoms with Gasteiger partial charge in [-0.25, -0.2) is 13.2 Å². The molecule has 10 heteroatoms. The maximum atomic E-state index is 12.9. The third-order valence-electron chi connectivity index (χ3n) is 7.05.